The molecular formula is C9H8BrN3S2. The minimum atomic E-state index is 0.718. The summed E-state index contributed by atoms with van der Waals surface area (Å²) in [6.07, 6.45) is 1.72. The van der Waals surface area contributed by atoms with Crippen molar-refractivity contribution < 1.29 is 0 Å². The number of halogens is 1. The molecule has 3 nitrogen and oxygen atoms in total. The number of pyridine rings is 1. The number of hydrogen-bond donors (Lipinski definition) is 2. The Balaban J connectivity index is 2.24. The number of rotatable bonds is 2. The van der Waals surface area contributed by atoms with Gasteiger partial charge in [-0.25, -0.2) is 9.97 Å². The number of nitrogens with one attached hydrogen (secondary N) is 1. The summed E-state index contributed by atoms with van der Waals surface area (Å²) in [6, 6.07) is 1.89. The van der Waals surface area contributed by atoms with E-state index in [4.69, 9.17) is 0 Å². The molecule has 0 unspecified atom stereocenters. The van der Waals surface area contributed by atoms with Crippen LogP contribution < -0.4 is 5.32 Å². The highest BCUT2D eigenvalue weighted by atomic mass is 79.9. The van der Waals surface area contributed by atoms with Crippen molar-refractivity contribution >= 4 is 50.8 Å². The van der Waals surface area contributed by atoms with Crippen LogP contribution in [0.3, 0.4) is 0 Å². The smallest absolute Gasteiger partial charge is 0.188 e. The summed E-state index contributed by atoms with van der Waals surface area (Å²) in [5.74, 6) is 0.718. The van der Waals surface area contributed by atoms with Crippen molar-refractivity contribution in [3.8, 4) is 0 Å². The molecule has 2 heterocycles. The van der Waals surface area contributed by atoms with E-state index < -0.39 is 0 Å². The van der Waals surface area contributed by atoms with Crippen LogP contribution in [0.15, 0.2) is 27.0 Å². The zero-order chi connectivity index (χ0) is 10.8. The first-order chi connectivity index (χ1) is 7.15. The lowest BCUT2D eigenvalue weighted by Gasteiger charge is -2.04. The first-order valence-electron chi connectivity index (χ1n) is 4.19. The Hall–Kier alpha value is -0.590. The second-order valence-electron chi connectivity index (χ2n) is 2.94. The summed E-state index contributed by atoms with van der Waals surface area (Å²) in [5.41, 5.74) is 1.00. The molecule has 0 bridgehead atoms. The van der Waals surface area contributed by atoms with Crippen molar-refractivity contribution in [2.24, 2.45) is 0 Å². The first-order valence-corrected chi connectivity index (χ1v) is 6.31. The van der Waals surface area contributed by atoms with Crippen molar-refractivity contribution in [2.45, 2.75) is 11.8 Å². The molecule has 2 rings (SSSR count). The third-order valence-corrected chi connectivity index (χ3v) is 3.33. The second kappa shape index (κ2) is 4.51. The van der Waals surface area contributed by atoms with Gasteiger partial charge in [-0.15, -0.1) is 24.0 Å². The normalized spacial score (nSPS) is 10.3. The highest BCUT2D eigenvalue weighted by molar-refractivity contribution is 9.10. The average molecular weight is 302 g/mol. The predicted molar refractivity (Wildman–Crippen MR) is 69.3 cm³/mol. The van der Waals surface area contributed by atoms with E-state index in [2.05, 4.69) is 43.8 Å². The molecule has 0 aliphatic heterocycles. The summed E-state index contributed by atoms with van der Waals surface area (Å²) in [6.45, 7) is 1.96. The van der Waals surface area contributed by atoms with E-state index in [9.17, 15) is 0 Å². The van der Waals surface area contributed by atoms with Crippen LogP contribution in [0.4, 0.5) is 10.9 Å². The van der Waals surface area contributed by atoms with Gasteiger partial charge in [0.2, 0.25) is 0 Å². The molecule has 78 valence electrons. The zero-order valence-electron chi connectivity index (χ0n) is 7.86. The van der Waals surface area contributed by atoms with Crippen LogP contribution in [0.5, 0.6) is 0 Å². The van der Waals surface area contributed by atoms with Gasteiger partial charge in [-0.2, -0.15) is 0 Å². The maximum Gasteiger partial charge on any atom is 0.188 e. The molecule has 15 heavy (non-hydrogen) atoms. The number of aryl methyl sites for hydroxylation is 1. The number of nitrogens with zero attached hydrogens (tertiary/aromatic N) is 2. The summed E-state index contributed by atoms with van der Waals surface area (Å²) in [4.78, 5) is 9.29. The number of thiazole rings is 1. The Kier molecular flexibility index (Phi) is 3.28. The van der Waals surface area contributed by atoms with Crippen LogP contribution in [-0.4, -0.2) is 9.97 Å². The summed E-state index contributed by atoms with van der Waals surface area (Å²) < 4.78 is 0.911. The van der Waals surface area contributed by atoms with Gasteiger partial charge in [0.05, 0.1) is 5.69 Å². The molecule has 0 saturated carbocycles. The molecule has 0 aliphatic carbocycles. The highest BCUT2D eigenvalue weighted by Gasteiger charge is 2.04. The lowest BCUT2D eigenvalue weighted by Crippen LogP contribution is -1.94. The largest absolute Gasteiger partial charge is 0.315 e. The Morgan fingerprint density at radius 3 is 2.93 bits per heavy atom. The average Bonchev–Trinajstić information content (AvgIpc) is 2.56. The summed E-state index contributed by atoms with van der Waals surface area (Å²) >= 11 is 9.21. The van der Waals surface area contributed by atoms with Crippen LogP contribution >= 0.6 is 39.9 Å². The van der Waals surface area contributed by atoms with E-state index >= 15 is 0 Å². The van der Waals surface area contributed by atoms with Crippen LogP contribution in [0, 0.1) is 6.92 Å². The van der Waals surface area contributed by atoms with E-state index in [1.807, 2.05) is 18.4 Å². The number of thiol groups is 1. The maximum atomic E-state index is 4.33. The molecule has 0 amide bonds. The van der Waals surface area contributed by atoms with Gasteiger partial charge in [0, 0.05) is 20.9 Å². The van der Waals surface area contributed by atoms with Crippen LogP contribution in [0.1, 0.15) is 5.69 Å². The minimum absolute atomic E-state index is 0.718. The fourth-order valence-electron chi connectivity index (χ4n) is 1.04. The van der Waals surface area contributed by atoms with E-state index in [-0.39, 0.29) is 0 Å². The van der Waals surface area contributed by atoms with Gasteiger partial charge in [0.1, 0.15) is 5.82 Å². The van der Waals surface area contributed by atoms with Crippen molar-refractivity contribution in [1.82, 2.24) is 9.97 Å². The Labute approximate surface area is 106 Å². The highest BCUT2D eigenvalue weighted by Crippen LogP contribution is 2.25. The molecule has 0 aliphatic rings. The van der Waals surface area contributed by atoms with Crippen molar-refractivity contribution in [3.05, 3.63) is 27.8 Å². The number of anilines is 2. The van der Waals surface area contributed by atoms with Gasteiger partial charge >= 0.3 is 0 Å². The fourth-order valence-corrected chi connectivity index (χ4v) is 2.49. The van der Waals surface area contributed by atoms with E-state index in [1.54, 1.807) is 17.5 Å². The van der Waals surface area contributed by atoms with E-state index in [0.29, 0.717) is 0 Å². The van der Waals surface area contributed by atoms with E-state index in [0.717, 1.165) is 26.0 Å². The third kappa shape index (κ3) is 2.70. The third-order valence-electron chi connectivity index (χ3n) is 1.68. The fraction of sp³-hybridized carbons (Fsp3) is 0.111. The minimum Gasteiger partial charge on any atom is -0.315 e. The molecule has 1 N–H and O–H groups in total. The van der Waals surface area contributed by atoms with Crippen LogP contribution in [-0.2, 0) is 0 Å². The topological polar surface area (TPSA) is 37.8 Å². The summed E-state index contributed by atoms with van der Waals surface area (Å²) in [7, 11) is 0. The molecule has 0 spiro atoms. The Morgan fingerprint density at radius 1 is 1.53 bits per heavy atom. The molecule has 0 aromatic carbocycles. The standard InChI is InChI=1S/C9H8BrN3S2/c1-5-4-15-9(12-5)13-8-7(14)2-6(10)3-11-8/h2-4,14H,1H3,(H,11,12,13). The van der Waals surface area contributed by atoms with E-state index in [1.165, 1.54) is 0 Å². The van der Waals surface area contributed by atoms with Gasteiger partial charge in [0.15, 0.2) is 5.13 Å². The number of aromatic nitrogens is 2. The summed E-state index contributed by atoms with van der Waals surface area (Å²) in [5, 5.41) is 5.94. The molecule has 0 fully saturated rings. The monoisotopic (exact) mass is 301 g/mol. The van der Waals surface area contributed by atoms with Gasteiger partial charge < -0.3 is 5.32 Å². The van der Waals surface area contributed by atoms with Crippen molar-refractivity contribution in [2.75, 3.05) is 5.32 Å². The number of hydrogen-bond acceptors (Lipinski definition) is 5. The van der Waals surface area contributed by atoms with Gasteiger partial charge in [-0.1, -0.05) is 0 Å². The van der Waals surface area contributed by atoms with Gasteiger partial charge in [-0.3, -0.25) is 0 Å². The van der Waals surface area contributed by atoms with Crippen molar-refractivity contribution in [3.63, 3.8) is 0 Å². The lowest BCUT2D eigenvalue weighted by molar-refractivity contribution is 1.19. The molecule has 0 saturated heterocycles. The molecule has 0 atom stereocenters. The second-order valence-corrected chi connectivity index (χ2v) is 5.20. The Bertz CT molecular complexity index is 484. The quantitative estimate of drug-likeness (QED) is 0.832. The van der Waals surface area contributed by atoms with Crippen LogP contribution in [0.2, 0.25) is 0 Å². The maximum absolute atomic E-state index is 4.33. The van der Waals surface area contributed by atoms with Gasteiger partial charge in [-0.05, 0) is 28.9 Å². The van der Waals surface area contributed by atoms with Crippen molar-refractivity contribution in [1.29, 1.82) is 0 Å². The predicted octanol–water partition coefficient (Wildman–Crippen LogP) is 3.64. The molecule has 6 heteroatoms. The SMILES string of the molecule is Cc1csc(Nc2ncc(Br)cc2S)n1. The zero-order valence-corrected chi connectivity index (χ0v) is 11.2. The molecule has 2 aromatic heterocycles. The van der Waals surface area contributed by atoms with Gasteiger partial charge in [0.25, 0.3) is 0 Å². The Morgan fingerprint density at radius 2 is 2.33 bits per heavy atom. The molecule has 2 aromatic rings. The molecule has 0 radical (unpaired) electrons. The lowest BCUT2D eigenvalue weighted by atomic mass is 10.4. The van der Waals surface area contributed by atoms with Crippen LogP contribution in [0.25, 0.3) is 0 Å². The first kappa shape index (κ1) is 10.9. The molecular weight excluding hydrogens is 294 g/mol.